The Balaban J connectivity index is 2.06. The molecule has 2 N–H and O–H groups in total. The maximum Gasteiger partial charge on any atom is 0.312 e. The zero-order valence-electron chi connectivity index (χ0n) is 10.9. The monoisotopic (exact) mass is 290 g/mol. The summed E-state index contributed by atoms with van der Waals surface area (Å²) >= 11 is 1.24. The van der Waals surface area contributed by atoms with Crippen molar-refractivity contribution in [2.75, 3.05) is 6.54 Å². The van der Waals surface area contributed by atoms with E-state index in [-0.39, 0.29) is 12.5 Å². The van der Waals surface area contributed by atoms with E-state index in [0.717, 1.165) is 0 Å². The highest BCUT2D eigenvalue weighted by Gasteiger charge is 2.21. The van der Waals surface area contributed by atoms with Gasteiger partial charge in [-0.2, -0.15) is 0 Å². The number of amides is 1. The molecule has 0 spiro atoms. The number of aromatic nitrogens is 1. The largest absolute Gasteiger partial charge is 0.481 e. The van der Waals surface area contributed by atoms with E-state index >= 15 is 0 Å². The molecule has 2 rings (SSSR count). The van der Waals surface area contributed by atoms with Crippen molar-refractivity contribution in [1.29, 1.82) is 0 Å². The lowest BCUT2D eigenvalue weighted by Crippen LogP contribution is -2.31. The third kappa shape index (κ3) is 3.21. The summed E-state index contributed by atoms with van der Waals surface area (Å²) in [4.78, 5) is 27.8. The Bertz CT molecular complexity index is 610. The van der Waals surface area contributed by atoms with Gasteiger partial charge in [0, 0.05) is 6.54 Å². The quantitative estimate of drug-likeness (QED) is 0.883. The number of carboxylic acids is 1. The summed E-state index contributed by atoms with van der Waals surface area (Å²) in [7, 11) is 0. The van der Waals surface area contributed by atoms with Crippen LogP contribution in [-0.4, -0.2) is 28.5 Å². The van der Waals surface area contributed by atoms with Crippen LogP contribution in [-0.2, 0) is 4.79 Å². The van der Waals surface area contributed by atoms with Gasteiger partial charge < -0.3 is 10.4 Å². The van der Waals surface area contributed by atoms with Crippen molar-refractivity contribution in [2.45, 2.75) is 12.8 Å². The molecule has 0 fully saturated rings. The summed E-state index contributed by atoms with van der Waals surface area (Å²) in [5, 5.41) is 11.9. The number of hydrogen-bond acceptors (Lipinski definition) is 4. The van der Waals surface area contributed by atoms with Crippen molar-refractivity contribution >= 4 is 23.2 Å². The van der Waals surface area contributed by atoms with Crippen LogP contribution in [0.5, 0.6) is 0 Å². The van der Waals surface area contributed by atoms with E-state index in [1.165, 1.54) is 11.3 Å². The van der Waals surface area contributed by atoms with Crippen LogP contribution in [0.15, 0.2) is 35.8 Å². The Hall–Kier alpha value is -2.21. The molecule has 2 aromatic rings. The third-order valence-corrected chi connectivity index (χ3v) is 3.85. The highest BCUT2D eigenvalue weighted by molar-refractivity contribution is 7.11. The highest BCUT2D eigenvalue weighted by Crippen LogP contribution is 2.16. The number of carboxylic acid groups (broad SMARTS) is 1. The Morgan fingerprint density at radius 1 is 1.35 bits per heavy atom. The lowest BCUT2D eigenvalue weighted by Gasteiger charge is -2.13. The van der Waals surface area contributed by atoms with Gasteiger partial charge in [-0.1, -0.05) is 30.3 Å². The van der Waals surface area contributed by atoms with E-state index < -0.39 is 11.9 Å². The second-order valence-corrected chi connectivity index (χ2v) is 5.13. The molecule has 1 aromatic carbocycles. The standard InChI is InChI=1S/C14H14N2O3S/c1-9-12(20-8-16-9)13(17)15-7-11(14(18)19)10-5-3-2-4-6-10/h2-6,8,11H,7H2,1H3,(H,15,17)(H,18,19). The van der Waals surface area contributed by atoms with Crippen LogP contribution in [0.3, 0.4) is 0 Å². The number of aryl methyl sites for hydroxylation is 1. The molecule has 6 heteroatoms. The Morgan fingerprint density at radius 3 is 2.60 bits per heavy atom. The minimum Gasteiger partial charge on any atom is -0.481 e. The predicted octanol–water partition coefficient (Wildman–Crippen LogP) is 2.05. The van der Waals surface area contributed by atoms with E-state index in [1.54, 1.807) is 36.7 Å². The molecule has 104 valence electrons. The van der Waals surface area contributed by atoms with Gasteiger partial charge in [-0.3, -0.25) is 9.59 Å². The van der Waals surface area contributed by atoms with Crippen LogP contribution >= 0.6 is 11.3 Å². The van der Waals surface area contributed by atoms with Gasteiger partial charge in [0.15, 0.2) is 0 Å². The SMILES string of the molecule is Cc1ncsc1C(=O)NCC(C(=O)O)c1ccccc1. The fraction of sp³-hybridized carbons (Fsp3) is 0.214. The number of carbonyl (C=O) groups excluding carboxylic acids is 1. The normalized spacial score (nSPS) is 11.8. The number of benzene rings is 1. The molecule has 1 atom stereocenters. The highest BCUT2D eigenvalue weighted by atomic mass is 32.1. The number of aliphatic carboxylic acids is 1. The van der Waals surface area contributed by atoms with Gasteiger partial charge in [-0.25, -0.2) is 4.98 Å². The Labute approximate surface area is 120 Å². The van der Waals surface area contributed by atoms with Crippen molar-refractivity contribution < 1.29 is 14.7 Å². The first-order valence-corrected chi connectivity index (χ1v) is 6.93. The maximum absolute atomic E-state index is 12.0. The van der Waals surface area contributed by atoms with Gasteiger partial charge in [-0.05, 0) is 12.5 Å². The lowest BCUT2D eigenvalue weighted by atomic mass is 9.99. The topological polar surface area (TPSA) is 79.3 Å². The summed E-state index contributed by atoms with van der Waals surface area (Å²) < 4.78 is 0. The summed E-state index contributed by atoms with van der Waals surface area (Å²) in [6.07, 6.45) is 0. The lowest BCUT2D eigenvalue weighted by molar-refractivity contribution is -0.138. The zero-order valence-corrected chi connectivity index (χ0v) is 11.7. The van der Waals surface area contributed by atoms with Crippen LogP contribution in [0.25, 0.3) is 0 Å². The van der Waals surface area contributed by atoms with Gasteiger partial charge in [0.2, 0.25) is 0 Å². The van der Waals surface area contributed by atoms with Crippen LogP contribution in [0.1, 0.15) is 26.8 Å². The van der Waals surface area contributed by atoms with Crippen molar-refractivity contribution in [3.63, 3.8) is 0 Å². The summed E-state index contributed by atoms with van der Waals surface area (Å²) in [5.41, 5.74) is 2.91. The minimum atomic E-state index is -0.961. The second-order valence-electron chi connectivity index (χ2n) is 4.28. The van der Waals surface area contributed by atoms with Gasteiger partial charge in [0.05, 0.1) is 17.1 Å². The van der Waals surface area contributed by atoms with Crippen LogP contribution in [0, 0.1) is 6.92 Å². The Morgan fingerprint density at radius 2 is 2.05 bits per heavy atom. The molecule has 1 aromatic heterocycles. The first-order chi connectivity index (χ1) is 9.59. The number of nitrogens with zero attached hydrogens (tertiary/aromatic N) is 1. The maximum atomic E-state index is 12.0. The van der Waals surface area contributed by atoms with E-state index in [1.807, 2.05) is 6.07 Å². The number of rotatable bonds is 5. The first-order valence-electron chi connectivity index (χ1n) is 6.05. The molecule has 1 amide bonds. The average Bonchev–Trinajstić information content (AvgIpc) is 2.86. The third-order valence-electron chi connectivity index (χ3n) is 2.92. The molecular weight excluding hydrogens is 276 g/mol. The average molecular weight is 290 g/mol. The zero-order chi connectivity index (χ0) is 14.5. The predicted molar refractivity (Wildman–Crippen MR) is 76.0 cm³/mol. The summed E-state index contributed by atoms with van der Waals surface area (Å²) in [6, 6.07) is 8.86. The Kier molecular flexibility index (Phi) is 4.47. The molecule has 0 saturated heterocycles. The van der Waals surface area contributed by atoms with Crippen molar-refractivity contribution in [3.8, 4) is 0 Å². The molecule has 1 heterocycles. The molecule has 0 saturated carbocycles. The first kappa shape index (κ1) is 14.2. The number of nitrogens with one attached hydrogen (secondary N) is 1. The van der Waals surface area contributed by atoms with E-state index in [9.17, 15) is 14.7 Å². The number of carbonyl (C=O) groups is 2. The molecular formula is C14H14N2O3S. The van der Waals surface area contributed by atoms with E-state index in [2.05, 4.69) is 10.3 Å². The van der Waals surface area contributed by atoms with Crippen molar-refractivity contribution in [3.05, 3.63) is 52.0 Å². The van der Waals surface area contributed by atoms with Crippen molar-refractivity contribution in [1.82, 2.24) is 10.3 Å². The molecule has 20 heavy (non-hydrogen) atoms. The van der Waals surface area contributed by atoms with E-state index in [0.29, 0.717) is 16.1 Å². The minimum absolute atomic E-state index is 0.0511. The smallest absolute Gasteiger partial charge is 0.312 e. The fourth-order valence-corrected chi connectivity index (χ4v) is 2.55. The van der Waals surface area contributed by atoms with Gasteiger partial charge >= 0.3 is 5.97 Å². The number of thiazole rings is 1. The van der Waals surface area contributed by atoms with E-state index in [4.69, 9.17) is 0 Å². The van der Waals surface area contributed by atoms with Crippen LogP contribution in [0.4, 0.5) is 0 Å². The van der Waals surface area contributed by atoms with Gasteiger partial charge in [-0.15, -0.1) is 11.3 Å². The van der Waals surface area contributed by atoms with Crippen molar-refractivity contribution in [2.24, 2.45) is 0 Å². The van der Waals surface area contributed by atoms with Crippen LogP contribution < -0.4 is 5.32 Å². The summed E-state index contributed by atoms with van der Waals surface area (Å²) in [6.45, 7) is 1.80. The summed E-state index contributed by atoms with van der Waals surface area (Å²) in [5.74, 6) is -2.00. The molecule has 1 unspecified atom stereocenters. The molecule has 0 aliphatic rings. The van der Waals surface area contributed by atoms with Gasteiger partial charge in [0.1, 0.15) is 4.88 Å². The molecule has 0 radical (unpaired) electrons. The molecule has 0 aliphatic heterocycles. The van der Waals surface area contributed by atoms with Crippen LogP contribution in [0.2, 0.25) is 0 Å². The molecule has 0 bridgehead atoms. The molecule has 0 aliphatic carbocycles. The fourth-order valence-electron chi connectivity index (χ4n) is 1.83. The molecule has 5 nitrogen and oxygen atoms in total. The van der Waals surface area contributed by atoms with Gasteiger partial charge in [0.25, 0.3) is 5.91 Å². The number of hydrogen-bond donors (Lipinski definition) is 2. The second kappa shape index (κ2) is 6.29.